The summed E-state index contributed by atoms with van der Waals surface area (Å²) >= 11 is 18.1. The number of nitrogens with zero attached hydrogens (tertiary/aromatic N) is 2. The number of hydrogen-bond acceptors (Lipinski definition) is 3. The maximum Gasteiger partial charge on any atom is 0.352 e. The van der Waals surface area contributed by atoms with E-state index < -0.39 is 5.97 Å². The van der Waals surface area contributed by atoms with Crippen LogP contribution in [0.15, 0.2) is 47.6 Å². The fraction of sp³-hybridized carbons (Fsp3) is 0.125. The van der Waals surface area contributed by atoms with Crippen LogP contribution in [0.25, 0.3) is 0 Å². The monoisotopic (exact) mass is 368 g/mol. The summed E-state index contributed by atoms with van der Waals surface area (Å²) < 4.78 is 0. The second-order valence-electron chi connectivity index (χ2n) is 5.06. The molecular weight excluding hydrogens is 359 g/mol. The third kappa shape index (κ3) is 3.29. The molecule has 0 saturated heterocycles. The molecule has 1 atom stereocenters. The third-order valence-corrected chi connectivity index (χ3v) is 4.36. The molecule has 0 bridgehead atoms. The van der Waals surface area contributed by atoms with E-state index in [-0.39, 0.29) is 18.2 Å². The van der Waals surface area contributed by atoms with Crippen molar-refractivity contribution >= 4 is 52.2 Å². The van der Waals surface area contributed by atoms with Gasteiger partial charge in [-0.05, 0) is 35.9 Å². The summed E-state index contributed by atoms with van der Waals surface area (Å²) in [6.45, 7) is 0. The average molecular weight is 370 g/mol. The van der Waals surface area contributed by atoms with E-state index >= 15 is 0 Å². The van der Waals surface area contributed by atoms with Crippen LogP contribution in [0.5, 0.6) is 0 Å². The van der Waals surface area contributed by atoms with Crippen LogP contribution in [-0.4, -0.2) is 16.8 Å². The predicted molar refractivity (Wildman–Crippen MR) is 92.8 cm³/mol. The molecule has 0 radical (unpaired) electrons. The van der Waals surface area contributed by atoms with E-state index in [2.05, 4.69) is 5.10 Å². The number of hydrazone groups is 1. The molecule has 7 heteroatoms. The van der Waals surface area contributed by atoms with E-state index in [0.717, 1.165) is 5.56 Å². The highest BCUT2D eigenvalue weighted by atomic mass is 35.5. The topological polar surface area (TPSA) is 52.9 Å². The first-order valence-corrected chi connectivity index (χ1v) is 7.89. The van der Waals surface area contributed by atoms with Crippen molar-refractivity contribution in [2.45, 2.75) is 12.5 Å². The highest BCUT2D eigenvalue weighted by Crippen LogP contribution is 2.39. The van der Waals surface area contributed by atoms with Crippen LogP contribution in [0.4, 0.5) is 5.69 Å². The number of carboxylic acid groups (broad SMARTS) is 1. The molecule has 2 aromatic carbocycles. The molecule has 1 heterocycles. The number of benzene rings is 2. The molecule has 1 unspecified atom stereocenters. The van der Waals surface area contributed by atoms with Crippen LogP contribution in [0, 0.1) is 0 Å². The number of carboxylic acids is 1. The molecule has 0 saturated carbocycles. The summed E-state index contributed by atoms with van der Waals surface area (Å²) in [6, 6.07) is 12.0. The van der Waals surface area contributed by atoms with E-state index in [9.17, 15) is 9.90 Å². The van der Waals surface area contributed by atoms with Gasteiger partial charge in [0.25, 0.3) is 0 Å². The Balaban J connectivity index is 2.04. The Morgan fingerprint density at radius 2 is 1.74 bits per heavy atom. The molecule has 1 aliphatic rings. The molecule has 4 nitrogen and oxygen atoms in total. The third-order valence-electron chi connectivity index (χ3n) is 3.57. The Kier molecular flexibility index (Phi) is 4.48. The first-order chi connectivity index (χ1) is 11.0. The zero-order valence-corrected chi connectivity index (χ0v) is 14.0. The van der Waals surface area contributed by atoms with Crippen molar-refractivity contribution in [2.24, 2.45) is 5.10 Å². The first kappa shape index (κ1) is 16.1. The van der Waals surface area contributed by atoms with E-state index in [0.29, 0.717) is 20.8 Å². The second-order valence-corrected chi connectivity index (χ2v) is 6.34. The van der Waals surface area contributed by atoms with Crippen molar-refractivity contribution in [3.8, 4) is 0 Å². The SMILES string of the molecule is O=C(O)C1=NN(c2ccc(Cl)cc2Cl)C(c2ccc(Cl)cc2)C1. The Hall–Kier alpha value is -1.75. The van der Waals surface area contributed by atoms with Crippen LogP contribution in [0.1, 0.15) is 18.0 Å². The molecule has 0 amide bonds. The van der Waals surface area contributed by atoms with E-state index in [1.54, 1.807) is 35.3 Å². The molecule has 0 spiro atoms. The summed E-state index contributed by atoms with van der Waals surface area (Å²) in [5, 5.41) is 16.6. The number of rotatable bonds is 3. The van der Waals surface area contributed by atoms with Crippen LogP contribution in [0.2, 0.25) is 15.1 Å². The minimum absolute atomic E-state index is 0.0796. The zero-order valence-electron chi connectivity index (χ0n) is 11.7. The number of anilines is 1. The fourth-order valence-corrected chi connectivity index (χ4v) is 3.09. The average Bonchev–Trinajstić information content (AvgIpc) is 2.93. The Morgan fingerprint density at radius 3 is 2.35 bits per heavy atom. The summed E-state index contributed by atoms with van der Waals surface area (Å²) in [5.74, 6) is -1.04. The fourth-order valence-electron chi connectivity index (χ4n) is 2.47. The Labute approximate surface area is 147 Å². The minimum atomic E-state index is -1.04. The van der Waals surface area contributed by atoms with Gasteiger partial charge in [0.2, 0.25) is 0 Å². The van der Waals surface area contributed by atoms with Gasteiger partial charge in [0.05, 0.1) is 16.8 Å². The number of hydrogen-bond donors (Lipinski definition) is 1. The minimum Gasteiger partial charge on any atom is -0.477 e. The molecule has 2 aromatic rings. The summed E-state index contributed by atoms with van der Waals surface area (Å²) in [4.78, 5) is 11.3. The molecule has 3 rings (SSSR count). The van der Waals surface area contributed by atoms with Crippen molar-refractivity contribution in [3.05, 3.63) is 63.1 Å². The maximum absolute atomic E-state index is 11.3. The van der Waals surface area contributed by atoms with Crippen LogP contribution in [0.3, 0.4) is 0 Å². The van der Waals surface area contributed by atoms with Crippen molar-refractivity contribution in [2.75, 3.05) is 5.01 Å². The van der Waals surface area contributed by atoms with Crippen molar-refractivity contribution in [1.29, 1.82) is 0 Å². The number of aliphatic carboxylic acids is 1. The van der Waals surface area contributed by atoms with E-state index in [1.165, 1.54) is 0 Å². The summed E-state index contributed by atoms with van der Waals surface area (Å²) in [5.41, 5.74) is 1.59. The predicted octanol–water partition coefficient (Wildman–Crippen LogP) is 5.04. The molecule has 0 aromatic heterocycles. The van der Waals surface area contributed by atoms with Gasteiger partial charge in [0.1, 0.15) is 5.71 Å². The highest BCUT2D eigenvalue weighted by molar-refractivity contribution is 6.38. The standard InChI is InChI=1S/C16H11Cl3N2O2/c17-10-3-1-9(2-4-10)15-8-13(16(22)23)20-21(15)14-6-5-11(18)7-12(14)19/h1-7,15H,8H2,(H,22,23). The number of carbonyl (C=O) groups is 1. The summed E-state index contributed by atoms with van der Waals surface area (Å²) in [7, 11) is 0. The molecule has 1 aliphatic heterocycles. The molecule has 23 heavy (non-hydrogen) atoms. The van der Waals surface area contributed by atoms with Crippen molar-refractivity contribution in [1.82, 2.24) is 0 Å². The van der Waals surface area contributed by atoms with Gasteiger partial charge in [0, 0.05) is 16.5 Å². The van der Waals surface area contributed by atoms with Gasteiger partial charge >= 0.3 is 5.97 Å². The van der Waals surface area contributed by atoms with Gasteiger partial charge in [-0.3, -0.25) is 5.01 Å². The molecule has 0 fully saturated rings. The first-order valence-electron chi connectivity index (χ1n) is 6.76. The second kappa shape index (κ2) is 6.40. The lowest BCUT2D eigenvalue weighted by atomic mass is 10.0. The van der Waals surface area contributed by atoms with Gasteiger partial charge in [-0.15, -0.1) is 0 Å². The van der Waals surface area contributed by atoms with Crippen LogP contribution < -0.4 is 5.01 Å². The van der Waals surface area contributed by atoms with Crippen molar-refractivity contribution in [3.63, 3.8) is 0 Å². The molecular formula is C16H11Cl3N2O2. The molecule has 118 valence electrons. The van der Waals surface area contributed by atoms with Gasteiger partial charge in [-0.25, -0.2) is 4.79 Å². The normalized spacial score (nSPS) is 17.3. The lowest BCUT2D eigenvalue weighted by Crippen LogP contribution is -2.19. The van der Waals surface area contributed by atoms with Gasteiger partial charge in [0.15, 0.2) is 0 Å². The largest absolute Gasteiger partial charge is 0.477 e. The zero-order chi connectivity index (χ0) is 16.6. The highest BCUT2D eigenvalue weighted by Gasteiger charge is 2.33. The summed E-state index contributed by atoms with van der Waals surface area (Å²) in [6.07, 6.45) is 0.274. The molecule has 1 N–H and O–H groups in total. The Bertz CT molecular complexity index is 790. The van der Waals surface area contributed by atoms with Gasteiger partial charge < -0.3 is 5.11 Å². The van der Waals surface area contributed by atoms with Gasteiger partial charge in [-0.1, -0.05) is 46.9 Å². The molecule has 0 aliphatic carbocycles. The lowest BCUT2D eigenvalue weighted by molar-refractivity contribution is -0.129. The lowest BCUT2D eigenvalue weighted by Gasteiger charge is -2.25. The Morgan fingerprint density at radius 1 is 1.09 bits per heavy atom. The van der Waals surface area contributed by atoms with E-state index in [1.807, 2.05) is 12.1 Å². The quantitative estimate of drug-likeness (QED) is 0.824. The number of halogens is 3. The van der Waals surface area contributed by atoms with Crippen molar-refractivity contribution < 1.29 is 9.90 Å². The smallest absolute Gasteiger partial charge is 0.352 e. The van der Waals surface area contributed by atoms with Crippen LogP contribution >= 0.6 is 34.8 Å². The van der Waals surface area contributed by atoms with Crippen LogP contribution in [-0.2, 0) is 4.79 Å². The maximum atomic E-state index is 11.3. The van der Waals surface area contributed by atoms with Gasteiger partial charge in [-0.2, -0.15) is 5.10 Å². The van der Waals surface area contributed by atoms with E-state index in [4.69, 9.17) is 34.8 Å².